The largest absolute Gasteiger partial charge is 0.508 e. The van der Waals surface area contributed by atoms with Crippen LogP contribution in [-0.2, 0) is 0 Å². The molecule has 0 fully saturated rings. The third-order valence-electron chi connectivity index (χ3n) is 4.17. The average molecular weight is 342 g/mol. The topological polar surface area (TPSA) is 79.3 Å². The lowest BCUT2D eigenvalue weighted by Gasteiger charge is -2.16. The Morgan fingerprint density at radius 1 is 0.846 bits per heavy atom. The van der Waals surface area contributed by atoms with Crippen molar-refractivity contribution in [2.24, 2.45) is 0 Å². The number of Topliss-reactive ketones (excluding diaryl/α,β-unsaturated/α-hetero) is 1. The average Bonchev–Trinajstić information content (AvgIpc) is 2.67. The summed E-state index contributed by atoms with van der Waals surface area (Å²) in [6.07, 6.45) is 2.78. The third-order valence-corrected chi connectivity index (χ3v) is 4.17. The molecule has 1 aliphatic carbocycles. The van der Waals surface area contributed by atoms with Gasteiger partial charge in [0.25, 0.3) is 0 Å². The first-order valence-corrected chi connectivity index (χ1v) is 8.04. The van der Waals surface area contributed by atoms with Crippen LogP contribution >= 0.6 is 0 Å². The molecule has 5 heteroatoms. The number of hydrogen-bond acceptors (Lipinski definition) is 5. The van der Waals surface area contributed by atoms with E-state index in [-0.39, 0.29) is 28.7 Å². The molecule has 1 heterocycles. The third kappa shape index (κ3) is 2.86. The number of aromatic nitrogens is 1. The van der Waals surface area contributed by atoms with Crippen molar-refractivity contribution in [3.05, 3.63) is 89.9 Å². The van der Waals surface area contributed by atoms with E-state index < -0.39 is 0 Å². The number of fused-ring (bicyclic) bond motifs is 1. The van der Waals surface area contributed by atoms with Crippen molar-refractivity contribution >= 4 is 17.3 Å². The molecule has 0 amide bonds. The van der Waals surface area contributed by atoms with Crippen molar-refractivity contribution in [2.45, 2.75) is 0 Å². The summed E-state index contributed by atoms with van der Waals surface area (Å²) in [6, 6.07) is 17.6. The maximum absolute atomic E-state index is 12.5. The van der Waals surface area contributed by atoms with Crippen LogP contribution in [0.25, 0.3) is 11.1 Å². The molecular weight excluding hydrogens is 328 g/mol. The summed E-state index contributed by atoms with van der Waals surface area (Å²) in [5.41, 5.74) is 3.37. The molecule has 0 atom stereocenters. The van der Waals surface area contributed by atoms with Gasteiger partial charge in [-0.3, -0.25) is 14.6 Å². The second-order valence-electron chi connectivity index (χ2n) is 5.90. The highest BCUT2D eigenvalue weighted by atomic mass is 16.3. The van der Waals surface area contributed by atoms with E-state index in [1.54, 1.807) is 24.3 Å². The number of carbonyl (C=O) groups is 2. The second-order valence-corrected chi connectivity index (χ2v) is 5.90. The van der Waals surface area contributed by atoms with Crippen molar-refractivity contribution in [2.75, 3.05) is 5.32 Å². The van der Waals surface area contributed by atoms with E-state index >= 15 is 0 Å². The zero-order chi connectivity index (χ0) is 18.1. The summed E-state index contributed by atoms with van der Waals surface area (Å²) in [4.78, 5) is 28.7. The van der Waals surface area contributed by atoms with Gasteiger partial charge in [-0.1, -0.05) is 24.3 Å². The van der Waals surface area contributed by atoms with Gasteiger partial charge in [-0.15, -0.1) is 0 Å². The van der Waals surface area contributed by atoms with E-state index in [0.29, 0.717) is 11.3 Å². The van der Waals surface area contributed by atoms with Crippen molar-refractivity contribution in [1.82, 2.24) is 4.98 Å². The minimum Gasteiger partial charge on any atom is -0.508 e. The Labute approximate surface area is 149 Å². The molecule has 0 saturated heterocycles. The molecule has 3 aromatic rings. The van der Waals surface area contributed by atoms with Crippen LogP contribution in [0.1, 0.15) is 20.8 Å². The van der Waals surface area contributed by atoms with Gasteiger partial charge >= 0.3 is 0 Å². The van der Waals surface area contributed by atoms with E-state index in [1.807, 2.05) is 36.4 Å². The molecule has 2 N–H and O–H groups in total. The predicted molar refractivity (Wildman–Crippen MR) is 98.1 cm³/mol. The standard InChI is InChI=1S/C21H14N2O3/c24-16-9-5-14(6-10-16)13-3-7-15(8-4-13)23-18-12-19(25)20-17(21(18)26)2-1-11-22-20/h1-12,23-24H. The first-order valence-electron chi connectivity index (χ1n) is 8.04. The molecule has 0 radical (unpaired) electrons. The van der Waals surface area contributed by atoms with Gasteiger partial charge in [-0.2, -0.15) is 0 Å². The minimum atomic E-state index is -0.289. The Balaban J connectivity index is 1.57. The Bertz CT molecular complexity index is 1040. The van der Waals surface area contributed by atoms with Crippen LogP contribution in [0.4, 0.5) is 5.69 Å². The number of aromatic hydroxyl groups is 1. The summed E-state index contributed by atoms with van der Waals surface area (Å²) >= 11 is 0. The van der Waals surface area contributed by atoms with Crippen LogP contribution in [0, 0.1) is 0 Å². The maximum atomic E-state index is 12.5. The smallest absolute Gasteiger partial charge is 0.211 e. The molecule has 5 nitrogen and oxygen atoms in total. The molecule has 1 aromatic heterocycles. The number of nitrogens with one attached hydrogen (secondary N) is 1. The van der Waals surface area contributed by atoms with Crippen LogP contribution in [0.3, 0.4) is 0 Å². The predicted octanol–water partition coefficient (Wildman–Crippen LogP) is 3.83. The molecule has 0 saturated carbocycles. The van der Waals surface area contributed by atoms with Gasteiger partial charge in [0.2, 0.25) is 11.6 Å². The number of phenols is 1. The molecule has 1 aliphatic rings. The highest BCUT2D eigenvalue weighted by Crippen LogP contribution is 2.25. The van der Waals surface area contributed by atoms with E-state index in [0.717, 1.165) is 11.1 Å². The number of pyridine rings is 1. The van der Waals surface area contributed by atoms with Gasteiger partial charge in [0.1, 0.15) is 11.4 Å². The zero-order valence-corrected chi connectivity index (χ0v) is 13.6. The summed E-state index contributed by atoms with van der Waals surface area (Å²) in [5.74, 6) is -0.326. The fourth-order valence-electron chi connectivity index (χ4n) is 2.84. The number of carbonyl (C=O) groups excluding carboxylic acids is 2. The molecule has 0 bridgehead atoms. The lowest BCUT2D eigenvalue weighted by molar-refractivity contribution is 0.0982. The fourth-order valence-corrected chi connectivity index (χ4v) is 2.84. The van der Waals surface area contributed by atoms with Gasteiger partial charge < -0.3 is 10.4 Å². The Morgan fingerprint density at radius 3 is 2.19 bits per heavy atom. The summed E-state index contributed by atoms with van der Waals surface area (Å²) < 4.78 is 0. The Morgan fingerprint density at radius 2 is 1.50 bits per heavy atom. The van der Waals surface area contributed by atoms with Crippen LogP contribution in [0.15, 0.2) is 78.6 Å². The lowest BCUT2D eigenvalue weighted by atomic mass is 9.97. The van der Waals surface area contributed by atoms with Crippen molar-refractivity contribution < 1.29 is 14.7 Å². The van der Waals surface area contributed by atoms with E-state index in [1.165, 1.54) is 12.3 Å². The molecule has 0 aliphatic heterocycles. The number of benzene rings is 2. The van der Waals surface area contributed by atoms with E-state index in [4.69, 9.17) is 0 Å². The molecule has 0 unspecified atom stereocenters. The van der Waals surface area contributed by atoms with Gasteiger partial charge in [0.15, 0.2) is 0 Å². The summed E-state index contributed by atoms with van der Waals surface area (Å²) in [6.45, 7) is 0. The molecule has 126 valence electrons. The van der Waals surface area contributed by atoms with Gasteiger partial charge in [-0.05, 0) is 47.5 Å². The first kappa shape index (κ1) is 15.8. The molecular formula is C21H14N2O3. The van der Waals surface area contributed by atoms with Crippen LogP contribution in [0.5, 0.6) is 5.75 Å². The van der Waals surface area contributed by atoms with Crippen LogP contribution in [0.2, 0.25) is 0 Å². The highest BCUT2D eigenvalue weighted by Gasteiger charge is 2.26. The Hall–Kier alpha value is -3.73. The van der Waals surface area contributed by atoms with E-state index in [2.05, 4.69) is 10.3 Å². The molecule has 2 aromatic carbocycles. The zero-order valence-electron chi connectivity index (χ0n) is 13.6. The molecule has 26 heavy (non-hydrogen) atoms. The molecule has 0 spiro atoms. The SMILES string of the molecule is O=C1C(Nc2ccc(-c3ccc(O)cc3)cc2)=CC(=O)c2ncccc21. The van der Waals surface area contributed by atoms with Crippen molar-refractivity contribution in [3.63, 3.8) is 0 Å². The second kappa shape index (κ2) is 6.29. The number of rotatable bonds is 3. The van der Waals surface area contributed by atoms with Crippen LogP contribution in [-0.4, -0.2) is 21.7 Å². The Kier molecular flexibility index (Phi) is 3.82. The number of allylic oxidation sites excluding steroid dienone is 2. The van der Waals surface area contributed by atoms with Gasteiger partial charge in [0, 0.05) is 18.0 Å². The normalized spacial score (nSPS) is 13.2. The number of anilines is 1. The number of hydrogen-bond donors (Lipinski definition) is 2. The number of phenolic OH excluding ortho intramolecular Hbond substituents is 1. The summed E-state index contributed by atoms with van der Waals surface area (Å²) in [7, 11) is 0. The van der Waals surface area contributed by atoms with Crippen molar-refractivity contribution in [1.29, 1.82) is 0 Å². The minimum absolute atomic E-state index is 0.186. The number of ketones is 2. The van der Waals surface area contributed by atoms with E-state index in [9.17, 15) is 14.7 Å². The van der Waals surface area contributed by atoms with Crippen molar-refractivity contribution in [3.8, 4) is 16.9 Å². The molecule has 4 rings (SSSR count). The van der Waals surface area contributed by atoms with Gasteiger partial charge in [-0.25, -0.2) is 0 Å². The first-order chi connectivity index (χ1) is 12.6. The highest BCUT2D eigenvalue weighted by molar-refractivity contribution is 6.24. The number of nitrogens with zero attached hydrogens (tertiary/aromatic N) is 1. The lowest BCUT2D eigenvalue weighted by Crippen LogP contribution is -2.22. The summed E-state index contributed by atoms with van der Waals surface area (Å²) in [5, 5.41) is 12.4. The van der Waals surface area contributed by atoms with Gasteiger partial charge in [0.05, 0.1) is 11.3 Å². The van der Waals surface area contributed by atoms with Crippen LogP contribution < -0.4 is 5.32 Å². The maximum Gasteiger partial charge on any atom is 0.211 e. The fraction of sp³-hybridized carbons (Fsp3) is 0. The quantitative estimate of drug-likeness (QED) is 0.756. The monoisotopic (exact) mass is 342 g/mol.